The maximum atomic E-state index is 13.2. The normalized spacial score (nSPS) is 28.5. The van der Waals surface area contributed by atoms with Crippen molar-refractivity contribution >= 4 is 17.7 Å². The maximum Gasteiger partial charge on any atom is 0.243 e. The highest BCUT2D eigenvalue weighted by atomic mass is 16.5. The molecule has 1 saturated carbocycles. The van der Waals surface area contributed by atoms with Gasteiger partial charge in [-0.25, -0.2) is 4.68 Å². The van der Waals surface area contributed by atoms with Crippen molar-refractivity contribution < 1.29 is 29.3 Å². The second-order valence-electron chi connectivity index (χ2n) is 10.7. The van der Waals surface area contributed by atoms with Crippen LogP contribution in [0.2, 0.25) is 0 Å². The summed E-state index contributed by atoms with van der Waals surface area (Å²) in [5, 5.41) is 38.2. The van der Waals surface area contributed by atoms with E-state index in [1.165, 1.54) is 17.7 Å². The Morgan fingerprint density at radius 2 is 1.80 bits per heavy atom. The Hall–Kier alpha value is -3.39. The van der Waals surface area contributed by atoms with Crippen LogP contribution in [0.5, 0.6) is 0 Å². The highest BCUT2D eigenvalue weighted by Crippen LogP contribution is 2.24. The summed E-state index contributed by atoms with van der Waals surface area (Å²) >= 11 is 0. The molecule has 13 nitrogen and oxygen atoms in total. The number of rotatable bonds is 7. The molecule has 3 heterocycles. The smallest absolute Gasteiger partial charge is 0.243 e. The van der Waals surface area contributed by atoms with E-state index in [4.69, 9.17) is 4.74 Å². The van der Waals surface area contributed by atoms with Crippen LogP contribution in [0.3, 0.4) is 0 Å². The molecule has 2 bridgehead atoms. The van der Waals surface area contributed by atoms with Gasteiger partial charge in [0.2, 0.25) is 17.7 Å². The largest absolute Gasteiger partial charge is 0.388 e. The molecular formula is C27H37N7O6. The summed E-state index contributed by atoms with van der Waals surface area (Å²) in [5.41, 5.74) is 1.28. The first-order chi connectivity index (χ1) is 19.4. The third kappa shape index (κ3) is 6.84. The van der Waals surface area contributed by atoms with Gasteiger partial charge in [-0.05, 0) is 25.0 Å². The van der Waals surface area contributed by atoms with Gasteiger partial charge in [0.05, 0.1) is 36.6 Å². The molecular weight excluding hydrogens is 518 g/mol. The molecule has 13 heteroatoms. The lowest BCUT2D eigenvalue weighted by Crippen LogP contribution is -2.53. The first-order valence-electron chi connectivity index (χ1n) is 13.9. The molecule has 2 unspecified atom stereocenters. The molecule has 0 spiro atoms. The van der Waals surface area contributed by atoms with Gasteiger partial charge >= 0.3 is 0 Å². The number of fused-ring (bicyclic) bond motifs is 2. The number of aromatic nitrogens is 3. The molecule has 3 aliphatic rings. The summed E-state index contributed by atoms with van der Waals surface area (Å²) in [6, 6.07) is 8.75. The van der Waals surface area contributed by atoms with E-state index in [0.29, 0.717) is 18.3 Å². The number of carbonyl (C=O) groups excluding carboxylic acids is 3. The van der Waals surface area contributed by atoms with E-state index < -0.39 is 42.3 Å². The molecule has 3 fully saturated rings. The fourth-order valence-corrected chi connectivity index (χ4v) is 5.54. The molecule has 5 rings (SSSR count). The van der Waals surface area contributed by atoms with Crippen LogP contribution in [0, 0.1) is 0 Å². The molecule has 5 atom stereocenters. The fourth-order valence-electron chi connectivity index (χ4n) is 5.54. The van der Waals surface area contributed by atoms with Crippen LogP contribution in [0.4, 0.5) is 0 Å². The topological polar surface area (TPSA) is 171 Å². The van der Waals surface area contributed by atoms with Gasteiger partial charge in [0.1, 0.15) is 24.4 Å². The summed E-state index contributed by atoms with van der Waals surface area (Å²) in [6.45, 7) is 0.426. The summed E-state index contributed by atoms with van der Waals surface area (Å²) in [4.78, 5) is 41.0. The quantitative estimate of drug-likeness (QED) is 0.278. The van der Waals surface area contributed by atoms with Crippen LogP contribution in [-0.2, 0) is 25.5 Å². The monoisotopic (exact) mass is 555 g/mol. The van der Waals surface area contributed by atoms with Gasteiger partial charge in [-0.3, -0.25) is 14.4 Å². The van der Waals surface area contributed by atoms with E-state index in [1.807, 2.05) is 30.3 Å². The highest BCUT2D eigenvalue weighted by Gasteiger charge is 2.44. The minimum Gasteiger partial charge on any atom is -0.388 e. The van der Waals surface area contributed by atoms with E-state index in [0.717, 1.165) is 18.5 Å². The van der Waals surface area contributed by atoms with Gasteiger partial charge in [-0.2, -0.15) is 0 Å². The lowest BCUT2D eigenvalue weighted by molar-refractivity contribution is -0.139. The summed E-state index contributed by atoms with van der Waals surface area (Å²) < 4.78 is 7.36. The number of aliphatic hydroxyl groups excluding tert-OH is 2. The Morgan fingerprint density at radius 1 is 1.05 bits per heavy atom. The Bertz CT molecular complexity index is 1170. The molecule has 216 valence electrons. The molecule has 0 radical (unpaired) electrons. The molecule has 2 aliphatic heterocycles. The molecule has 2 aromatic rings. The second kappa shape index (κ2) is 12.9. The third-order valence-electron chi connectivity index (χ3n) is 7.80. The zero-order valence-electron chi connectivity index (χ0n) is 22.3. The van der Waals surface area contributed by atoms with Crippen molar-refractivity contribution in [3.05, 3.63) is 42.2 Å². The number of hydrogen-bond acceptors (Lipinski definition) is 9. The number of carbonyl (C=O) groups is 3. The van der Waals surface area contributed by atoms with Crippen LogP contribution in [-0.4, -0.2) is 111 Å². The molecule has 1 aromatic carbocycles. The highest BCUT2D eigenvalue weighted by molar-refractivity contribution is 5.90. The van der Waals surface area contributed by atoms with Crippen LogP contribution in [0.25, 0.3) is 5.69 Å². The predicted molar refractivity (Wildman–Crippen MR) is 142 cm³/mol. The van der Waals surface area contributed by atoms with Crippen LogP contribution < -0.4 is 16.0 Å². The van der Waals surface area contributed by atoms with Crippen molar-refractivity contribution in [2.45, 2.75) is 75.0 Å². The summed E-state index contributed by atoms with van der Waals surface area (Å²) in [5.74, 6) is -1.37. The maximum absolute atomic E-state index is 13.2. The van der Waals surface area contributed by atoms with E-state index in [-0.39, 0.29) is 38.4 Å². The SMILES string of the molecule is O=C1CN(CCNC2CCCC2)C(=O)C[C@@H]2O[C@H](CNC(=O)[C@@H](Cc3cn(-c4ccccc4)nn3)N1)C(O)C2O. The minimum atomic E-state index is -1.29. The number of hydrogen-bond donors (Lipinski definition) is 5. The Kier molecular flexibility index (Phi) is 9.04. The Labute approximate surface area is 232 Å². The van der Waals surface area contributed by atoms with Crippen molar-refractivity contribution in [1.29, 1.82) is 0 Å². The van der Waals surface area contributed by atoms with Crippen molar-refractivity contribution in [1.82, 2.24) is 35.8 Å². The molecule has 1 aromatic heterocycles. The van der Waals surface area contributed by atoms with Crippen molar-refractivity contribution in [3.63, 3.8) is 0 Å². The molecule has 1 aliphatic carbocycles. The van der Waals surface area contributed by atoms with Crippen molar-refractivity contribution in [2.75, 3.05) is 26.2 Å². The van der Waals surface area contributed by atoms with Gasteiger partial charge in [0.15, 0.2) is 0 Å². The fraction of sp³-hybridized carbons (Fsp3) is 0.593. The Balaban J connectivity index is 1.31. The standard InChI is InChI=1S/C27H37N7O6/c35-23-16-33(11-10-28-17-6-4-5-7-17)24(36)13-21-25(37)26(38)22(40-21)14-29-27(39)20(30-23)12-18-15-34(32-31-18)19-8-2-1-3-9-19/h1-3,8-9,15,17,20-22,25-26,28,37-38H,4-7,10-14,16H2,(H,29,39)(H,30,35)/t20-,21+,22-,25?,26?/m1/s1. The lowest BCUT2D eigenvalue weighted by Gasteiger charge is -2.26. The first-order valence-corrected chi connectivity index (χ1v) is 13.9. The summed E-state index contributed by atoms with van der Waals surface area (Å²) in [7, 11) is 0. The number of benzene rings is 1. The number of nitrogens with one attached hydrogen (secondary N) is 3. The van der Waals surface area contributed by atoms with Gasteiger partial charge in [-0.15, -0.1) is 5.10 Å². The van der Waals surface area contributed by atoms with Gasteiger partial charge in [0, 0.05) is 32.1 Å². The molecule has 2 saturated heterocycles. The molecule has 40 heavy (non-hydrogen) atoms. The minimum absolute atomic E-state index is 0.0565. The Morgan fingerprint density at radius 3 is 2.58 bits per heavy atom. The second-order valence-corrected chi connectivity index (χ2v) is 10.7. The van der Waals surface area contributed by atoms with E-state index in [9.17, 15) is 24.6 Å². The molecule has 3 amide bonds. The van der Waals surface area contributed by atoms with Crippen molar-refractivity contribution in [2.24, 2.45) is 0 Å². The average Bonchev–Trinajstić information content (AvgIpc) is 3.70. The van der Waals surface area contributed by atoms with E-state index >= 15 is 0 Å². The van der Waals surface area contributed by atoms with E-state index in [2.05, 4.69) is 26.3 Å². The van der Waals surface area contributed by atoms with E-state index in [1.54, 1.807) is 10.9 Å². The van der Waals surface area contributed by atoms with Crippen LogP contribution in [0.1, 0.15) is 37.8 Å². The zero-order valence-corrected chi connectivity index (χ0v) is 22.3. The number of nitrogens with zero attached hydrogens (tertiary/aromatic N) is 4. The number of ether oxygens (including phenoxy) is 1. The average molecular weight is 556 g/mol. The summed E-state index contributed by atoms with van der Waals surface area (Å²) in [6.07, 6.45) is 1.67. The van der Waals surface area contributed by atoms with Gasteiger partial charge < -0.3 is 35.8 Å². The van der Waals surface area contributed by atoms with Crippen LogP contribution >= 0.6 is 0 Å². The van der Waals surface area contributed by atoms with Gasteiger partial charge in [0.25, 0.3) is 0 Å². The zero-order chi connectivity index (χ0) is 28.1. The lowest BCUT2D eigenvalue weighted by atomic mass is 10.0. The number of para-hydroxylation sites is 1. The third-order valence-corrected chi connectivity index (χ3v) is 7.80. The van der Waals surface area contributed by atoms with Gasteiger partial charge in [-0.1, -0.05) is 36.3 Å². The van der Waals surface area contributed by atoms with Crippen molar-refractivity contribution in [3.8, 4) is 5.69 Å². The number of aliphatic hydroxyl groups is 2. The number of amides is 3. The van der Waals surface area contributed by atoms with Crippen LogP contribution in [0.15, 0.2) is 36.5 Å². The predicted octanol–water partition coefficient (Wildman–Crippen LogP) is -1.34. The first kappa shape index (κ1) is 28.1. The molecule has 5 N–H and O–H groups in total.